The second-order valence-electron chi connectivity index (χ2n) is 5.54. The molecule has 0 unspecified atom stereocenters. The average Bonchev–Trinajstić information content (AvgIpc) is 2.48. The van der Waals surface area contributed by atoms with Gasteiger partial charge in [-0.3, -0.25) is 4.99 Å². The molecule has 0 aromatic heterocycles. The number of benzene rings is 1. The molecule has 0 atom stereocenters. The Balaban J connectivity index is 1.89. The van der Waals surface area contributed by atoms with Gasteiger partial charge in [0.15, 0.2) is 15.8 Å². The molecule has 6 heteroatoms. The van der Waals surface area contributed by atoms with E-state index in [1.54, 1.807) is 30.3 Å². The van der Waals surface area contributed by atoms with Gasteiger partial charge in [0.25, 0.3) is 0 Å². The number of sulfone groups is 1. The Labute approximate surface area is 126 Å². The summed E-state index contributed by atoms with van der Waals surface area (Å²) in [7, 11) is -3.28. The van der Waals surface area contributed by atoms with Crippen LogP contribution in [0.4, 0.5) is 0 Å². The van der Waals surface area contributed by atoms with Gasteiger partial charge < -0.3 is 10.6 Å². The fourth-order valence-electron chi connectivity index (χ4n) is 2.36. The predicted octanol–water partition coefficient (Wildman–Crippen LogP) is 1.51. The van der Waals surface area contributed by atoms with Crippen molar-refractivity contribution in [3.8, 4) is 0 Å². The number of aliphatic imine (C=N–C) groups is 1. The first-order chi connectivity index (χ1) is 9.99. The van der Waals surface area contributed by atoms with Crippen molar-refractivity contribution in [2.24, 2.45) is 16.6 Å². The molecule has 21 heavy (non-hydrogen) atoms. The smallest absolute Gasteiger partial charge is 0.191 e. The first kappa shape index (κ1) is 15.8. The molecule has 1 heterocycles. The third-order valence-corrected chi connectivity index (χ3v) is 5.55. The van der Waals surface area contributed by atoms with Gasteiger partial charge in [0.2, 0.25) is 0 Å². The molecular weight excluding hydrogens is 286 g/mol. The topological polar surface area (TPSA) is 75.8 Å². The van der Waals surface area contributed by atoms with Crippen molar-refractivity contribution in [2.45, 2.75) is 24.7 Å². The first-order valence-corrected chi connectivity index (χ1v) is 8.97. The molecular formula is C15H23N3O2S. The van der Waals surface area contributed by atoms with E-state index in [-0.39, 0.29) is 12.3 Å². The molecule has 5 nitrogen and oxygen atoms in total. The highest BCUT2D eigenvalue weighted by atomic mass is 32.2. The van der Waals surface area contributed by atoms with Crippen LogP contribution in [0.15, 0.2) is 40.2 Å². The zero-order valence-corrected chi connectivity index (χ0v) is 13.2. The molecule has 0 saturated carbocycles. The fourth-order valence-corrected chi connectivity index (χ4v) is 3.50. The molecule has 1 aliphatic rings. The quantitative estimate of drug-likeness (QED) is 0.675. The molecule has 2 N–H and O–H groups in total. The van der Waals surface area contributed by atoms with Gasteiger partial charge in [-0.1, -0.05) is 25.1 Å². The molecule has 0 bridgehead atoms. The van der Waals surface area contributed by atoms with E-state index in [4.69, 9.17) is 5.73 Å². The summed E-state index contributed by atoms with van der Waals surface area (Å²) in [6.45, 7) is 4.25. The van der Waals surface area contributed by atoms with Gasteiger partial charge in [-0.15, -0.1) is 0 Å². The molecule has 1 saturated heterocycles. The average molecular weight is 309 g/mol. The lowest BCUT2D eigenvalue weighted by atomic mass is 10.00. The number of nitrogens with two attached hydrogens (primary N) is 1. The van der Waals surface area contributed by atoms with E-state index in [1.807, 2.05) is 4.90 Å². The van der Waals surface area contributed by atoms with Crippen LogP contribution < -0.4 is 5.73 Å². The summed E-state index contributed by atoms with van der Waals surface area (Å²) in [6.07, 6.45) is 2.22. The Kier molecular flexibility index (Phi) is 5.22. The van der Waals surface area contributed by atoms with E-state index >= 15 is 0 Å². The van der Waals surface area contributed by atoms with Gasteiger partial charge in [-0.05, 0) is 30.9 Å². The van der Waals surface area contributed by atoms with Gasteiger partial charge >= 0.3 is 0 Å². The molecule has 0 aliphatic carbocycles. The largest absolute Gasteiger partial charge is 0.370 e. The van der Waals surface area contributed by atoms with Crippen LogP contribution in [-0.4, -0.2) is 44.7 Å². The van der Waals surface area contributed by atoms with E-state index in [0.29, 0.717) is 10.9 Å². The van der Waals surface area contributed by atoms with Crippen LogP contribution in [0, 0.1) is 5.92 Å². The van der Waals surface area contributed by atoms with Crippen molar-refractivity contribution in [3.63, 3.8) is 0 Å². The van der Waals surface area contributed by atoms with Crippen molar-refractivity contribution < 1.29 is 8.42 Å². The minimum Gasteiger partial charge on any atom is -0.370 e. The number of nitrogens with zero attached hydrogens (tertiary/aromatic N) is 2. The zero-order valence-electron chi connectivity index (χ0n) is 12.4. The van der Waals surface area contributed by atoms with Crippen LogP contribution in [0.1, 0.15) is 19.8 Å². The molecule has 1 fully saturated rings. The second kappa shape index (κ2) is 6.93. The van der Waals surface area contributed by atoms with Gasteiger partial charge in [0.05, 0.1) is 17.2 Å². The summed E-state index contributed by atoms with van der Waals surface area (Å²) in [4.78, 5) is 6.60. The SMILES string of the molecule is CC1CCN(C(N)=NCCS(=O)(=O)c2ccccc2)CC1. The van der Waals surface area contributed by atoms with Crippen molar-refractivity contribution in [2.75, 3.05) is 25.4 Å². The maximum atomic E-state index is 12.1. The third kappa shape index (κ3) is 4.46. The van der Waals surface area contributed by atoms with Crippen LogP contribution in [0.5, 0.6) is 0 Å². The van der Waals surface area contributed by atoms with Gasteiger partial charge in [-0.25, -0.2) is 8.42 Å². The highest BCUT2D eigenvalue weighted by Crippen LogP contribution is 2.15. The van der Waals surface area contributed by atoms with E-state index in [1.165, 1.54) is 0 Å². The van der Waals surface area contributed by atoms with E-state index in [0.717, 1.165) is 31.8 Å². The third-order valence-electron chi connectivity index (χ3n) is 3.84. The normalized spacial score (nSPS) is 18.0. The number of hydrogen-bond acceptors (Lipinski definition) is 3. The Morgan fingerprint density at radius 1 is 1.29 bits per heavy atom. The minimum absolute atomic E-state index is 0.0119. The van der Waals surface area contributed by atoms with Gasteiger partial charge in [-0.2, -0.15) is 0 Å². The lowest BCUT2D eigenvalue weighted by Crippen LogP contribution is -2.42. The van der Waals surface area contributed by atoms with Crippen molar-refractivity contribution in [1.82, 2.24) is 4.90 Å². The van der Waals surface area contributed by atoms with Gasteiger partial charge in [0, 0.05) is 13.1 Å². The van der Waals surface area contributed by atoms with Crippen LogP contribution in [0.25, 0.3) is 0 Å². The molecule has 0 radical (unpaired) electrons. The molecule has 1 aromatic carbocycles. The van der Waals surface area contributed by atoms with Gasteiger partial charge in [0.1, 0.15) is 0 Å². The number of piperidine rings is 1. The summed E-state index contributed by atoms with van der Waals surface area (Å²) < 4.78 is 24.2. The Morgan fingerprint density at radius 3 is 2.52 bits per heavy atom. The number of likely N-dealkylation sites (tertiary alicyclic amines) is 1. The second-order valence-corrected chi connectivity index (χ2v) is 7.65. The maximum absolute atomic E-state index is 12.1. The number of guanidine groups is 1. The van der Waals surface area contributed by atoms with Crippen molar-refractivity contribution >= 4 is 15.8 Å². The molecule has 116 valence electrons. The Bertz CT molecular complexity index is 576. The van der Waals surface area contributed by atoms with Crippen LogP contribution in [0.2, 0.25) is 0 Å². The Morgan fingerprint density at radius 2 is 1.90 bits per heavy atom. The van der Waals surface area contributed by atoms with Crippen LogP contribution >= 0.6 is 0 Å². The van der Waals surface area contributed by atoms with Crippen molar-refractivity contribution in [3.05, 3.63) is 30.3 Å². The molecule has 1 aliphatic heterocycles. The van der Waals surface area contributed by atoms with Crippen LogP contribution in [0.3, 0.4) is 0 Å². The highest BCUT2D eigenvalue weighted by molar-refractivity contribution is 7.91. The number of hydrogen-bond donors (Lipinski definition) is 1. The highest BCUT2D eigenvalue weighted by Gasteiger charge is 2.17. The molecule has 0 spiro atoms. The van der Waals surface area contributed by atoms with Crippen LogP contribution in [-0.2, 0) is 9.84 Å². The Hall–Kier alpha value is -1.56. The molecule has 2 rings (SSSR count). The zero-order chi connectivity index (χ0) is 15.3. The van der Waals surface area contributed by atoms with E-state index < -0.39 is 9.84 Å². The molecule has 1 aromatic rings. The lowest BCUT2D eigenvalue weighted by Gasteiger charge is -2.31. The minimum atomic E-state index is -3.28. The predicted molar refractivity (Wildman–Crippen MR) is 85.0 cm³/mol. The summed E-state index contributed by atoms with van der Waals surface area (Å²) in [5.41, 5.74) is 5.94. The first-order valence-electron chi connectivity index (χ1n) is 7.32. The lowest BCUT2D eigenvalue weighted by molar-refractivity contribution is 0.278. The standard InChI is InChI=1S/C15H23N3O2S/c1-13-7-10-18(11-8-13)15(16)17-9-12-21(19,20)14-5-3-2-4-6-14/h2-6,13H,7-12H2,1H3,(H2,16,17). The number of rotatable bonds is 4. The van der Waals surface area contributed by atoms with E-state index in [2.05, 4.69) is 11.9 Å². The summed E-state index contributed by atoms with van der Waals surface area (Å²) in [5.74, 6) is 1.18. The summed E-state index contributed by atoms with van der Waals surface area (Å²) in [5, 5.41) is 0. The molecule has 0 amide bonds. The fraction of sp³-hybridized carbons (Fsp3) is 0.533. The summed E-state index contributed by atoms with van der Waals surface area (Å²) in [6, 6.07) is 8.45. The summed E-state index contributed by atoms with van der Waals surface area (Å²) >= 11 is 0. The van der Waals surface area contributed by atoms with Crippen molar-refractivity contribution in [1.29, 1.82) is 0 Å². The van der Waals surface area contributed by atoms with E-state index in [9.17, 15) is 8.42 Å². The maximum Gasteiger partial charge on any atom is 0.191 e. The monoisotopic (exact) mass is 309 g/mol.